The molecule has 0 unspecified atom stereocenters. The lowest BCUT2D eigenvalue weighted by atomic mass is 9.99. The van der Waals surface area contributed by atoms with E-state index in [9.17, 15) is 0 Å². The van der Waals surface area contributed by atoms with Crippen LogP contribution in [0.1, 0.15) is 29.3 Å². The van der Waals surface area contributed by atoms with Crippen LogP contribution < -0.4 is 11.5 Å². The van der Waals surface area contributed by atoms with Crippen LogP contribution in [-0.4, -0.2) is 16.2 Å². The van der Waals surface area contributed by atoms with E-state index >= 15 is 0 Å². The lowest BCUT2D eigenvalue weighted by molar-refractivity contribution is 1.01. The molecule has 0 saturated carbocycles. The zero-order valence-corrected chi connectivity index (χ0v) is 15.8. The van der Waals surface area contributed by atoms with Crippen molar-refractivity contribution in [3.05, 3.63) is 82.4 Å². The maximum Gasteiger partial charge on any atom is 0.134 e. The molecule has 0 aliphatic heterocycles. The van der Waals surface area contributed by atoms with E-state index in [1.165, 1.54) is 18.7 Å². The second-order valence-electron chi connectivity index (χ2n) is 5.41. The normalized spacial score (nSPS) is 11.5. The molecule has 2 rings (SSSR count). The van der Waals surface area contributed by atoms with Crippen LogP contribution in [0.15, 0.2) is 55.0 Å². The third kappa shape index (κ3) is 5.04. The number of benzene rings is 1. The molecule has 1 aromatic heterocycles. The van der Waals surface area contributed by atoms with Gasteiger partial charge in [0.2, 0.25) is 0 Å². The van der Waals surface area contributed by atoms with Crippen molar-refractivity contribution in [2.75, 3.05) is 5.73 Å². The van der Waals surface area contributed by atoms with Crippen LogP contribution in [0.2, 0.25) is 5.02 Å². The highest BCUT2D eigenvalue weighted by Gasteiger charge is 2.11. The van der Waals surface area contributed by atoms with Crippen molar-refractivity contribution >= 4 is 29.7 Å². The number of halogens is 1. The lowest BCUT2D eigenvalue weighted by Crippen LogP contribution is -2.04. The van der Waals surface area contributed by atoms with Gasteiger partial charge < -0.3 is 16.9 Å². The summed E-state index contributed by atoms with van der Waals surface area (Å²) in [6.45, 7) is 9.85. The summed E-state index contributed by atoms with van der Waals surface area (Å²) in [5.41, 5.74) is 16.6. The molecule has 0 radical (unpaired) electrons. The Labute approximate surface area is 159 Å². The van der Waals surface area contributed by atoms with Gasteiger partial charge in [-0.25, -0.2) is 9.97 Å². The van der Waals surface area contributed by atoms with E-state index in [0.29, 0.717) is 17.8 Å². The molecule has 26 heavy (non-hydrogen) atoms. The molecule has 2 aromatic rings. The van der Waals surface area contributed by atoms with Crippen molar-refractivity contribution in [2.45, 2.75) is 20.3 Å². The van der Waals surface area contributed by atoms with Crippen molar-refractivity contribution in [2.24, 2.45) is 5.73 Å². The minimum absolute atomic E-state index is 0.389. The van der Waals surface area contributed by atoms with Gasteiger partial charge in [0.15, 0.2) is 0 Å². The fourth-order valence-corrected chi connectivity index (χ4v) is 2.56. The van der Waals surface area contributed by atoms with Gasteiger partial charge in [-0.1, -0.05) is 23.7 Å². The van der Waals surface area contributed by atoms with Crippen LogP contribution in [0.25, 0.3) is 6.08 Å². The summed E-state index contributed by atoms with van der Waals surface area (Å²) < 4.78 is 0. The van der Waals surface area contributed by atoms with Gasteiger partial charge in [0, 0.05) is 35.0 Å². The Morgan fingerprint density at radius 2 is 2.00 bits per heavy atom. The fraction of sp³-hybridized carbons (Fsp3) is 0.150. The molecule has 0 saturated heterocycles. The number of nitrogen functional groups attached to an aromatic ring is 1. The van der Waals surface area contributed by atoms with Gasteiger partial charge in [0.05, 0.1) is 5.69 Å². The molecule has 5 N–H and O–H groups in total. The molecule has 1 aromatic carbocycles. The first-order valence-corrected chi connectivity index (χ1v) is 8.30. The van der Waals surface area contributed by atoms with Crippen molar-refractivity contribution < 1.29 is 0 Å². The van der Waals surface area contributed by atoms with Crippen molar-refractivity contribution in [1.82, 2.24) is 9.97 Å². The monoisotopic (exact) mass is 369 g/mol. The number of nitrogens with one attached hydrogen (secondary N) is 1. The molecule has 1 heterocycles. The third-order valence-corrected chi connectivity index (χ3v) is 4.30. The molecule has 0 fully saturated rings. The number of hydrogen-bond acceptors (Lipinski definition) is 5. The van der Waals surface area contributed by atoms with Gasteiger partial charge >= 0.3 is 0 Å². The number of allylic oxidation sites excluding steroid dienone is 2. The molecule has 0 bridgehead atoms. The summed E-state index contributed by atoms with van der Waals surface area (Å²) in [6, 6.07) is 5.80. The first-order valence-electron chi connectivity index (χ1n) is 7.92. The van der Waals surface area contributed by atoms with Gasteiger partial charge in [0.1, 0.15) is 12.1 Å². The van der Waals surface area contributed by atoms with Crippen LogP contribution in [0, 0.1) is 12.3 Å². The minimum Gasteiger partial charge on any atom is -0.404 e. The molecule has 0 atom stereocenters. The molecule has 0 amide bonds. The Morgan fingerprint density at radius 1 is 1.31 bits per heavy atom. The van der Waals surface area contributed by atoms with Crippen molar-refractivity contribution in [1.29, 1.82) is 5.41 Å². The smallest absolute Gasteiger partial charge is 0.134 e. The molecular formula is C20H24ClN5. The highest BCUT2D eigenvalue weighted by atomic mass is 35.5. The quantitative estimate of drug-likeness (QED) is 0.415. The molecule has 6 heteroatoms. The predicted octanol–water partition coefficient (Wildman–Crippen LogP) is 4.31. The van der Waals surface area contributed by atoms with E-state index < -0.39 is 0 Å². The largest absolute Gasteiger partial charge is 0.404 e. The Balaban J connectivity index is 0.00000163. The van der Waals surface area contributed by atoms with Crippen LogP contribution >= 0.6 is 11.6 Å². The number of nitrogens with zero attached hydrogens (tertiary/aromatic N) is 2. The summed E-state index contributed by atoms with van der Waals surface area (Å²) in [7, 11) is 0. The predicted molar refractivity (Wildman–Crippen MR) is 111 cm³/mol. The van der Waals surface area contributed by atoms with Crippen LogP contribution in [0.5, 0.6) is 0 Å². The number of aromatic nitrogens is 2. The summed E-state index contributed by atoms with van der Waals surface area (Å²) >= 11 is 6.20. The Morgan fingerprint density at radius 3 is 2.62 bits per heavy atom. The maximum atomic E-state index is 7.40. The van der Waals surface area contributed by atoms with Gasteiger partial charge in [-0.15, -0.1) is 13.2 Å². The zero-order chi connectivity index (χ0) is 19.7. The Hall–Kier alpha value is -2.92. The third-order valence-electron chi connectivity index (χ3n) is 3.89. The molecule has 136 valence electrons. The van der Waals surface area contributed by atoms with Crippen molar-refractivity contribution in [3.63, 3.8) is 0 Å². The molecule has 0 aliphatic rings. The number of nitrogens with two attached hydrogens (primary N) is 2. The number of rotatable bonds is 5. The average Bonchev–Trinajstić information content (AvgIpc) is 2.64. The zero-order valence-electron chi connectivity index (χ0n) is 15.1. The maximum absolute atomic E-state index is 7.40. The summed E-state index contributed by atoms with van der Waals surface area (Å²) in [5.74, 6) is 0.389. The van der Waals surface area contributed by atoms with Crippen molar-refractivity contribution in [3.8, 4) is 0 Å². The van der Waals surface area contributed by atoms with E-state index in [4.69, 9.17) is 28.5 Å². The van der Waals surface area contributed by atoms with E-state index in [-0.39, 0.29) is 0 Å². The Bertz CT molecular complexity index is 840. The van der Waals surface area contributed by atoms with Crippen LogP contribution in [-0.2, 0) is 6.42 Å². The highest BCUT2D eigenvalue weighted by Crippen LogP contribution is 2.25. The van der Waals surface area contributed by atoms with Crippen LogP contribution in [0.3, 0.4) is 0 Å². The second-order valence-corrected chi connectivity index (χ2v) is 5.82. The van der Waals surface area contributed by atoms with Gasteiger partial charge in [0.25, 0.3) is 0 Å². The van der Waals surface area contributed by atoms with Gasteiger partial charge in [-0.2, -0.15) is 0 Å². The minimum atomic E-state index is 0.389. The lowest BCUT2D eigenvalue weighted by Gasteiger charge is -2.11. The molecule has 5 nitrogen and oxygen atoms in total. The average molecular weight is 370 g/mol. The van der Waals surface area contributed by atoms with E-state index in [1.807, 2.05) is 38.1 Å². The topological polar surface area (TPSA) is 102 Å². The molecular weight excluding hydrogens is 346 g/mol. The standard InChI is InChI=1S/C18H20ClN5.C2H4/c1-11(14(8-20)9-21)6-15-17(23-10-24-18(15)22)7-13-4-3-5-16(19)12(13)2;1-2/h3-6,8-10,20H,7,21H2,1-2H3,(H2,22,23,24);1-2H2/b11-6+,14-9+,20-8?;. The summed E-state index contributed by atoms with van der Waals surface area (Å²) in [5, 5.41) is 8.13. The van der Waals surface area contributed by atoms with E-state index in [2.05, 4.69) is 23.1 Å². The van der Waals surface area contributed by atoms with Crippen LogP contribution in [0.4, 0.5) is 5.82 Å². The van der Waals surface area contributed by atoms with Gasteiger partial charge in [-0.05, 0) is 42.7 Å². The number of hydrogen-bond donors (Lipinski definition) is 3. The first-order chi connectivity index (χ1) is 12.5. The number of anilines is 1. The summed E-state index contributed by atoms with van der Waals surface area (Å²) in [4.78, 5) is 8.46. The SMILES string of the molecule is C=C.CC(=C\c1c(N)ncnc1Cc1cccc(Cl)c1C)/C(C=N)=C/N. The fourth-order valence-electron chi connectivity index (χ4n) is 2.36. The second kappa shape index (κ2) is 10.2. The first kappa shape index (κ1) is 21.1. The highest BCUT2D eigenvalue weighted by molar-refractivity contribution is 6.31. The summed E-state index contributed by atoms with van der Waals surface area (Å²) in [6.07, 6.45) is 6.48. The molecule has 0 spiro atoms. The van der Waals surface area contributed by atoms with E-state index in [0.717, 1.165) is 33.0 Å². The van der Waals surface area contributed by atoms with E-state index in [1.54, 1.807) is 0 Å². The Kier molecular flexibility index (Phi) is 8.25. The van der Waals surface area contributed by atoms with Gasteiger partial charge in [-0.3, -0.25) is 0 Å². The molecule has 0 aliphatic carbocycles.